The van der Waals surface area contributed by atoms with Crippen LogP contribution in [0.15, 0.2) is 60.7 Å². The van der Waals surface area contributed by atoms with Gasteiger partial charge in [-0.2, -0.15) is 0 Å². The van der Waals surface area contributed by atoms with Gasteiger partial charge in [0.1, 0.15) is 0 Å². The van der Waals surface area contributed by atoms with Crippen molar-refractivity contribution in [3.8, 4) is 0 Å². The van der Waals surface area contributed by atoms with Crippen LogP contribution in [0.2, 0.25) is 0 Å². The summed E-state index contributed by atoms with van der Waals surface area (Å²) in [4.78, 5) is 25.2. The van der Waals surface area contributed by atoms with E-state index in [0.717, 1.165) is 6.42 Å². The largest absolute Gasteiger partial charge is 0.452 e. The second-order valence-corrected chi connectivity index (χ2v) is 7.18. The molecule has 5 heteroatoms. The lowest BCUT2D eigenvalue weighted by Crippen LogP contribution is -2.52. The van der Waals surface area contributed by atoms with E-state index in [1.807, 2.05) is 26.0 Å². The van der Waals surface area contributed by atoms with Gasteiger partial charge in [-0.1, -0.05) is 57.2 Å². The highest BCUT2D eigenvalue weighted by Crippen LogP contribution is 2.35. The summed E-state index contributed by atoms with van der Waals surface area (Å²) in [7, 11) is 0. The molecule has 0 radical (unpaired) electrons. The molecule has 1 aliphatic rings. The monoisotopic (exact) mass is 382 g/mol. The van der Waals surface area contributed by atoms with Gasteiger partial charge in [-0.15, -0.1) is 0 Å². The van der Waals surface area contributed by atoms with Crippen molar-refractivity contribution in [1.82, 2.24) is 0 Å². The van der Waals surface area contributed by atoms with Crippen LogP contribution in [0.3, 0.4) is 0 Å². The molecule has 0 bridgehead atoms. The third kappa shape index (κ3) is 4.42. The molecular formula is C23H26O5. The number of carbonyl (C=O) groups is 2. The van der Waals surface area contributed by atoms with Crippen molar-refractivity contribution in [2.24, 2.45) is 11.8 Å². The van der Waals surface area contributed by atoms with Crippen molar-refractivity contribution < 1.29 is 23.8 Å². The maximum Gasteiger partial charge on any atom is 0.340 e. The van der Waals surface area contributed by atoms with E-state index in [9.17, 15) is 9.59 Å². The van der Waals surface area contributed by atoms with Gasteiger partial charge in [0, 0.05) is 5.92 Å². The Hall–Kier alpha value is -2.66. The normalized spacial score (nSPS) is 27.0. The van der Waals surface area contributed by atoms with Crippen LogP contribution in [-0.4, -0.2) is 30.4 Å². The van der Waals surface area contributed by atoms with Crippen LogP contribution in [0.5, 0.6) is 0 Å². The number of ether oxygens (including phenoxy) is 3. The number of rotatable bonds is 5. The van der Waals surface area contributed by atoms with Crippen LogP contribution in [0.25, 0.3) is 0 Å². The summed E-state index contributed by atoms with van der Waals surface area (Å²) < 4.78 is 17.4. The van der Waals surface area contributed by atoms with Gasteiger partial charge in [0.15, 0.2) is 6.10 Å². The van der Waals surface area contributed by atoms with E-state index >= 15 is 0 Å². The molecule has 2 aromatic rings. The number of esters is 2. The average Bonchev–Trinajstić information content (AvgIpc) is 2.74. The van der Waals surface area contributed by atoms with Crippen molar-refractivity contribution >= 4 is 11.9 Å². The number of hydrogen-bond donors (Lipinski definition) is 0. The topological polar surface area (TPSA) is 61.8 Å². The van der Waals surface area contributed by atoms with Crippen LogP contribution in [0, 0.1) is 11.8 Å². The minimum absolute atomic E-state index is 0.0278. The van der Waals surface area contributed by atoms with Gasteiger partial charge in [0.25, 0.3) is 0 Å². The summed E-state index contributed by atoms with van der Waals surface area (Å²) in [5.74, 6) is -0.822. The summed E-state index contributed by atoms with van der Waals surface area (Å²) in [5, 5.41) is 0. The van der Waals surface area contributed by atoms with Crippen LogP contribution in [0.4, 0.5) is 0 Å². The molecule has 1 heterocycles. The second-order valence-electron chi connectivity index (χ2n) is 7.18. The Morgan fingerprint density at radius 3 is 1.82 bits per heavy atom. The lowest BCUT2D eigenvalue weighted by Gasteiger charge is -2.43. The van der Waals surface area contributed by atoms with E-state index in [1.165, 1.54) is 0 Å². The number of carbonyl (C=O) groups excluding carboxylic acids is 2. The molecule has 0 N–H and O–H groups in total. The first-order chi connectivity index (χ1) is 13.5. The van der Waals surface area contributed by atoms with Gasteiger partial charge < -0.3 is 14.2 Å². The number of benzene rings is 2. The predicted octanol–water partition coefficient (Wildman–Crippen LogP) is 4.48. The minimum Gasteiger partial charge on any atom is -0.452 e. The molecule has 0 spiro atoms. The Bertz CT molecular complexity index is 789. The van der Waals surface area contributed by atoms with Crippen molar-refractivity contribution in [3.05, 3.63) is 71.8 Å². The molecular weight excluding hydrogens is 356 g/mol. The first-order valence-electron chi connectivity index (χ1n) is 9.68. The highest BCUT2D eigenvalue weighted by molar-refractivity contribution is 5.90. The van der Waals surface area contributed by atoms with Crippen molar-refractivity contribution in [1.29, 1.82) is 0 Å². The molecule has 5 atom stereocenters. The quantitative estimate of drug-likeness (QED) is 0.714. The van der Waals surface area contributed by atoms with Crippen molar-refractivity contribution in [2.45, 2.75) is 45.7 Å². The molecule has 0 amide bonds. The fourth-order valence-corrected chi connectivity index (χ4v) is 3.50. The molecule has 0 aliphatic carbocycles. The third-order valence-electron chi connectivity index (χ3n) is 5.40. The Morgan fingerprint density at radius 1 is 0.821 bits per heavy atom. The first-order valence-corrected chi connectivity index (χ1v) is 9.68. The first kappa shape index (κ1) is 20.1. The zero-order valence-electron chi connectivity index (χ0n) is 16.4. The maximum absolute atomic E-state index is 12.6. The molecule has 0 aromatic heterocycles. The van der Waals surface area contributed by atoms with Crippen LogP contribution < -0.4 is 0 Å². The van der Waals surface area contributed by atoms with Gasteiger partial charge in [0.05, 0.1) is 17.2 Å². The van der Waals surface area contributed by atoms with Crippen LogP contribution in [-0.2, 0) is 14.2 Å². The highest BCUT2D eigenvalue weighted by Gasteiger charge is 2.45. The fraction of sp³-hybridized carbons (Fsp3) is 0.391. The Balaban J connectivity index is 1.80. The standard InChI is InChI=1S/C23H26O5/c1-4-19-15(2)16(3)20(27-21(24)17-11-7-5-8-12-17)23(26-19)28-22(25)18-13-9-6-10-14-18/h5-16,19-20,23H,4H2,1-3H3. The molecule has 28 heavy (non-hydrogen) atoms. The van der Waals surface area contributed by atoms with E-state index < -0.39 is 24.3 Å². The van der Waals surface area contributed by atoms with Gasteiger partial charge >= 0.3 is 11.9 Å². The molecule has 0 saturated carbocycles. The van der Waals surface area contributed by atoms with E-state index in [-0.39, 0.29) is 17.9 Å². The SMILES string of the molecule is CCC1OC(OC(=O)c2ccccc2)C(OC(=O)c2ccccc2)C(C)C1C. The molecule has 5 unspecified atom stereocenters. The minimum atomic E-state index is -0.948. The fourth-order valence-electron chi connectivity index (χ4n) is 3.50. The van der Waals surface area contributed by atoms with Crippen LogP contribution in [0.1, 0.15) is 47.9 Å². The Labute approximate surface area is 165 Å². The second kappa shape index (κ2) is 9.02. The smallest absolute Gasteiger partial charge is 0.340 e. The summed E-state index contributed by atoms with van der Waals surface area (Å²) in [6, 6.07) is 17.5. The molecule has 1 saturated heterocycles. The van der Waals surface area contributed by atoms with Gasteiger partial charge in [-0.05, 0) is 36.6 Å². The lowest BCUT2D eigenvalue weighted by molar-refractivity contribution is -0.248. The van der Waals surface area contributed by atoms with Crippen molar-refractivity contribution in [2.75, 3.05) is 0 Å². The predicted molar refractivity (Wildman–Crippen MR) is 105 cm³/mol. The summed E-state index contributed by atoms with van der Waals surface area (Å²) in [5.41, 5.74) is 0.881. The molecule has 3 rings (SSSR count). The van der Waals surface area contributed by atoms with Crippen LogP contribution >= 0.6 is 0 Å². The number of hydrogen-bond acceptors (Lipinski definition) is 5. The zero-order chi connectivity index (χ0) is 20.1. The highest BCUT2D eigenvalue weighted by atomic mass is 16.7. The molecule has 2 aromatic carbocycles. The van der Waals surface area contributed by atoms with Crippen molar-refractivity contribution in [3.63, 3.8) is 0 Å². The third-order valence-corrected chi connectivity index (χ3v) is 5.40. The van der Waals surface area contributed by atoms with E-state index in [4.69, 9.17) is 14.2 Å². The van der Waals surface area contributed by atoms with E-state index in [2.05, 4.69) is 6.92 Å². The molecule has 1 aliphatic heterocycles. The lowest BCUT2D eigenvalue weighted by atomic mass is 9.82. The molecule has 1 fully saturated rings. The van der Waals surface area contributed by atoms with E-state index in [1.54, 1.807) is 48.5 Å². The van der Waals surface area contributed by atoms with Gasteiger partial charge in [-0.3, -0.25) is 0 Å². The zero-order valence-corrected chi connectivity index (χ0v) is 16.4. The summed E-state index contributed by atoms with van der Waals surface area (Å²) >= 11 is 0. The Kier molecular flexibility index (Phi) is 6.47. The van der Waals surface area contributed by atoms with Gasteiger partial charge in [-0.25, -0.2) is 9.59 Å². The maximum atomic E-state index is 12.6. The molecule has 148 valence electrons. The van der Waals surface area contributed by atoms with E-state index in [0.29, 0.717) is 11.1 Å². The summed E-state index contributed by atoms with van der Waals surface area (Å²) in [6.45, 7) is 6.10. The summed E-state index contributed by atoms with van der Waals surface area (Å²) in [6.07, 6.45) is -0.922. The van der Waals surface area contributed by atoms with Gasteiger partial charge in [0.2, 0.25) is 6.29 Å². The Morgan fingerprint density at radius 2 is 1.32 bits per heavy atom. The average molecular weight is 382 g/mol. The molecule has 5 nitrogen and oxygen atoms in total.